The van der Waals surface area contributed by atoms with Crippen LogP contribution in [0.5, 0.6) is 0 Å². The number of benzene rings is 1. The maximum atomic E-state index is 12.4. The minimum Gasteiger partial charge on any atom is -0.365 e. The van der Waals surface area contributed by atoms with Gasteiger partial charge in [-0.25, -0.2) is 0 Å². The number of amides is 3. The molecule has 0 bridgehead atoms. The third-order valence-corrected chi connectivity index (χ3v) is 6.13. The molecule has 0 fully saturated rings. The molecule has 0 saturated carbocycles. The van der Waals surface area contributed by atoms with Crippen molar-refractivity contribution in [2.24, 2.45) is 5.73 Å². The largest absolute Gasteiger partial charge is 0.365 e. The van der Waals surface area contributed by atoms with Crippen LogP contribution in [0.25, 0.3) is 0 Å². The van der Waals surface area contributed by atoms with Gasteiger partial charge in [-0.2, -0.15) is 0 Å². The van der Waals surface area contributed by atoms with Gasteiger partial charge >= 0.3 is 0 Å². The maximum absolute atomic E-state index is 12.4. The van der Waals surface area contributed by atoms with Crippen LogP contribution in [0.4, 0.5) is 10.7 Å². The lowest BCUT2D eigenvalue weighted by Crippen LogP contribution is -2.36. The molecule has 1 aromatic carbocycles. The van der Waals surface area contributed by atoms with E-state index in [9.17, 15) is 14.4 Å². The fourth-order valence-electron chi connectivity index (χ4n) is 3.61. The highest BCUT2D eigenvalue weighted by Gasteiger charge is 2.26. The summed E-state index contributed by atoms with van der Waals surface area (Å²) >= 11 is 1.42. The number of carbonyl (C=O) groups excluding carboxylic acids is 3. The van der Waals surface area contributed by atoms with Crippen LogP contribution in [0.2, 0.25) is 0 Å². The van der Waals surface area contributed by atoms with E-state index in [0.717, 1.165) is 47.4 Å². The first-order valence-electron chi connectivity index (χ1n) is 9.69. The summed E-state index contributed by atoms with van der Waals surface area (Å²) in [5, 5.41) is 6.21. The number of rotatable bonds is 8. The summed E-state index contributed by atoms with van der Waals surface area (Å²) in [4.78, 5) is 39.3. The highest BCUT2D eigenvalue weighted by Crippen LogP contribution is 2.38. The van der Waals surface area contributed by atoms with Crippen LogP contribution in [0.15, 0.2) is 24.3 Å². The van der Waals surface area contributed by atoms with E-state index >= 15 is 0 Å². The van der Waals surface area contributed by atoms with Crippen LogP contribution in [0.1, 0.15) is 39.7 Å². The number of nitrogens with two attached hydrogens (primary N) is 1. The van der Waals surface area contributed by atoms with Crippen LogP contribution in [-0.2, 0) is 28.9 Å². The molecule has 1 aliphatic carbocycles. The second kappa shape index (κ2) is 9.19. The summed E-state index contributed by atoms with van der Waals surface area (Å²) in [5.41, 5.74) is 8.78. The molecule has 1 aromatic heterocycles. The standard InChI is InChI=1S/C21H26N4O3S/c1-3-13-7-4-5-9-15(13)23-17(26)11-25(2)12-18(27)24-21-19(20(22)28)14-8-6-10-16(14)29-21/h4-5,7,9H,3,6,8,10-12H2,1-2H3,(H2,22,28)(H,23,26)(H,24,27). The van der Waals surface area contributed by atoms with Gasteiger partial charge in [0.25, 0.3) is 5.91 Å². The molecule has 154 valence electrons. The second-order valence-corrected chi connectivity index (χ2v) is 8.31. The van der Waals surface area contributed by atoms with Crippen LogP contribution < -0.4 is 16.4 Å². The first-order chi connectivity index (χ1) is 13.9. The van der Waals surface area contributed by atoms with Crippen molar-refractivity contribution in [3.63, 3.8) is 0 Å². The van der Waals surface area contributed by atoms with E-state index in [1.807, 2.05) is 31.2 Å². The fourth-order valence-corrected chi connectivity index (χ4v) is 4.92. The summed E-state index contributed by atoms with van der Waals surface area (Å²) in [5.74, 6) is -0.979. The highest BCUT2D eigenvalue weighted by atomic mass is 32.1. The average molecular weight is 415 g/mol. The Morgan fingerprint density at radius 1 is 1.10 bits per heavy atom. The van der Waals surface area contributed by atoms with Gasteiger partial charge < -0.3 is 16.4 Å². The number of carbonyl (C=O) groups is 3. The summed E-state index contributed by atoms with van der Waals surface area (Å²) < 4.78 is 0. The Labute approximate surface area is 174 Å². The molecular weight excluding hydrogens is 388 g/mol. The molecule has 0 radical (unpaired) electrons. The summed E-state index contributed by atoms with van der Waals surface area (Å²) in [7, 11) is 1.70. The molecule has 8 heteroatoms. The van der Waals surface area contributed by atoms with Crippen molar-refractivity contribution in [1.29, 1.82) is 0 Å². The van der Waals surface area contributed by atoms with Gasteiger partial charge in [0, 0.05) is 10.6 Å². The average Bonchev–Trinajstić information content (AvgIpc) is 3.21. The van der Waals surface area contributed by atoms with Gasteiger partial charge in [-0.05, 0) is 49.9 Å². The van der Waals surface area contributed by atoms with Gasteiger partial charge in [0.2, 0.25) is 11.8 Å². The third-order valence-electron chi connectivity index (χ3n) is 4.92. The van der Waals surface area contributed by atoms with Gasteiger partial charge in [0.1, 0.15) is 5.00 Å². The SMILES string of the molecule is CCc1ccccc1NC(=O)CN(C)CC(=O)Nc1sc2c(c1C(N)=O)CCC2. The molecule has 1 aliphatic rings. The second-order valence-electron chi connectivity index (χ2n) is 7.21. The normalized spacial score (nSPS) is 12.7. The van der Waals surface area contributed by atoms with Crippen LogP contribution in [0.3, 0.4) is 0 Å². The third kappa shape index (κ3) is 5.02. The van der Waals surface area contributed by atoms with Crippen molar-refractivity contribution < 1.29 is 14.4 Å². The molecule has 0 atom stereocenters. The lowest BCUT2D eigenvalue weighted by atomic mass is 10.1. The zero-order valence-corrected chi connectivity index (χ0v) is 17.5. The highest BCUT2D eigenvalue weighted by molar-refractivity contribution is 7.17. The van der Waals surface area contributed by atoms with Gasteiger partial charge in [0.05, 0.1) is 18.7 Å². The minimum atomic E-state index is -0.512. The Hall–Kier alpha value is -2.71. The van der Waals surface area contributed by atoms with Crippen LogP contribution >= 0.6 is 11.3 Å². The van der Waals surface area contributed by atoms with Crippen LogP contribution in [0, 0.1) is 0 Å². The van der Waals surface area contributed by atoms with Gasteiger partial charge in [0.15, 0.2) is 0 Å². The van der Waals surface area contributed by atoms with Crippen molar-refractivity contribution in [3.8, 4) is 0 Å². The maximum Gasteiger partial charge on any atom is 0.251 e. The lowest BCUT2D eigenvalue weighted by Gasteiger charge is -2.17. The molecule has 0 spiro atoms. The number of primary amides is 1. The Kier molecular flexibility index (Phi) is 6.66. The van der Waals surface area contributed by atoms with E-state index in [4.69, 9.17) is 5.73 Å². The monoisotopic (exact) mass is 414 g/mol. The first kappa shape index (κ1) is 21.0. The molecule has 0 unspecified atom stereocenters. The zero-order valence-electron chi connectivity index (χ0n) is 16.7. The van der Waals surface area contributed by atoms with Crippen LogP contribution in [-0.4, -0.2) is 42.8 Å². The van der Waals surface area contributed by atoms with Gasteiger partial charge in [-0.1, -0.05) is 25.1 Å². The molecule has 7 nitrogen and oxygen atoms in total. The van der Waals surface area contributed by atoms with Crippen molar-refractivity contribution in [3.05, 3.63) is 45.8 Å². The molecule has 0 aliphatic heterocycles. The quantitative estimate of drug-likeness (QED) is 0.617. The number of fused-ring (bicyclic) bond motifs is 1. The zero-order chi connectivity index (χ0) is 21.0. The summed E-state index contributed by atoms with van der Waals surface area (Å²) in [6, 6.07) is 7.65. The Morgan fingerprint density at radius 2 is 1.79 bits per heavy atom. The predicted octanol–water partition coefficient (Wildman–Crippen LogP) is 2.41. The molecule has 2 aromatic rings. The van der Waals surface area contributed by atoms with Crippen molar-refractivity contribution in [1.82, 2.24) is 4.90 Å². The number of hydrogen-bond acceptors (Lipinski definition) is 5. The minimum absolute atomic E-state index is 0.0314. The van der Waals surface area contributed by atoms with E-state index in [0.29, 0.717) is 10.6 Å². The molecule has 29 heavy (non-hydrogen) atoms. The smallest absolute Gasteiger partial charge is 0.251 e. The molecule has 0 saturated heterocycles. The number of thiophene rings is 1. The number of likely N-dealkylation sites (N-methyl/N-ethyl adjacent to an activating group) is 1. The van der Waals surface area contributed by atoms with E-state index < -0.39 is 5.91 Å². The summed E-state index contributed by atoms with van der Waals surface area (Å²) in [6.07, 6.45) is 3.56. The molecular formula is C21H26N4O3S. The topological polar surface area (TPSA) is 105 Å². The van der Waals surface area contributed by atoms with E-state index in [1.165, 1.54) is 11.3 Å². The van der Waals surface area contributed by atoms with Gasteiger partial charge in [-0.15, -0.1) is 11.3 Å². The van der Waals surface area contributed by atoms with E-state index in [-0.39, 0.29) is 24.9 Å². The van der Waals surface area contributed by atoms with Crippen molar-refractivity contribution in [2.45, 2.75) is 32.6 Å². The number of para-hydroxylation sites is 1. The number of aryl methyl sites for hydroxylation is 2. The van der Waals surface area contributed by atoms with Gasteiger partial charge in [-0.3, -0.25) is 19.3 Å². The number of anilines is 2. The first-order valence-corrected chi connectivity index (χ1v) is 10.5. The lowest BCUT2D eigenvalue weighted by molar-refractivity contribution is -0.119. The number of nitrogens with one attached hydrogen (secondary N) is 2. The summed E-state index contributed by atoms with van der Waals surface area (Å²) in [6.45, 7) is 2.14. The number of nitrogens with zero attached hydrogens (tertiary/aromatic N) is 1. The molecule has 3 rings (SSSR count). The van der Waals surface area contributed by atoms with Crippen molar-refractivity contribution in [2.75, 3.05) is 30.8 Å². The Morgan fingerprint density at radius 3 is 2.48 bits per heavy atom. The molecule has 1 heterocycles. The van der Waals surface area contributed by atoms with E-state index in [2.05, 4.69) is 10.6 Å². The van der Waals surface area contributed by atoms with Crippen molar-refractivity contribution >= 4 is 39.7 Å². The fraction of sp³-hybridized carbons (Fsp3) is 0.381. The molecule has 3 amide bonds. The Bertz CT molecular complexity index is 938. The number of hydrogen-bond donors (Lipinski definition) is 3. The Balaban J connectivity index is 1.56. The molecule has 4 N–H and O–H groups in total. The van der Waals surface area contributed by atoms with E-state index in [1.54, 1.807) is 11.9 Å². The predicted molar refractivity (Wildman–Crippen MR) is 115 cm³/mol.